The minimum absolute atomic E-state index is 0.0807. The zero-order chi connectivity index (χ0) is 18.4. The first-order valence-electron chi connectivity index (χ1n) is 8.13. The fourth-order valence-corrected chi connectivity index (χ4v) is 3.32. The highest BCUT2D eigenvalue weighted by molar-refractivity contribution is 6.32. The SMILES string of the molecule is C=C1C(=O)N(Cc2cc(F)cc3c2OCOC3)c2cc(C(C)=O)ccc21. The Balaban J connectivity index is 1.78. The van der Waals surface area contributed by atoms with Gasteiger partial charge in [-0.25, -0.2) is 4.39 Å². The number of ketones is 1. The number of carbonyl (C=O) groups is 2. The minimum Gasteiger partial charge on any atom is -0.467 e. The van der Waals surface area contributed by atoms with Crippen molar-refractivity contribution in [2.24, 2.45) is 0 Å². The van der Waals surface area contributed by atoms with Gasteiger partial charge in [0.15, 0.2) is 12.6 Å². The summed E-state index contributed by atoms with van der Waals surface area (Å²) in [5.74, 6) is -0.254. The molecule has 5 nitrogen and oxygen atoms in total. The summed E-state index contributed by atoms with van der Waals surface area (Å²) in [6.07, 6.45) is 0. The Morgan fingerprint density at radius 2 is 2.12 bits per heavy atom. The molecule has 0 aromatic heterocycles. The summed E-state index contributed by atoms with van der Waals surface area (Å²) in [7, 11) is 0. The van der Waals surface area contributed by atoms with Crippen LogP contribution in [0.1, 0.15) is 34.0 Å². The standard InChI is InChI=1S/C20H16FNO4/c1-11-17-4-3-13(12(2)23)7-18(17)22(20(11)24)8-14-5-16(21)6-15-9-25-10-26-19(14)15/h3-7H,1,8-10H2,2H3. The molecule has 0 saturated carbocycles. The average molecular weight is 353 g/mol. The fraction of sp³-hybridized carbons (Fsp3) is 0.200. The van der Waals surface area contributed by atoms with Gasteiger partial charge in [-0.15, -0.1) is 0 Å². The zero-order valence-electron chi connectivity index (χ0n) is 14.2. The molecule has 0 aliphatic carbocycles. The molecule has 132 valence electrons. The van der Waals surface area contributed by atoms with Gasteiger partial charge in [0.2, 0.25) is 0 Å². The van der Waals surface area contributed by atoms with Crippen LogP contribution in [-0.2, 0) is 22.7 Å². The second kappa shape index (κ2) is 6.07. The monoisotopic (exact) mass is 353 g/mol. The summed E-state index contributed by atoms with van der Waals surface area (Å²) in [5, 5.41) is 0. The van der Waals surface area contributed by atoms with E-state index in [0.717, 1.165) is 0 Å². The van der Waals surface area contributed by atoms with Crippen LogP contribution < -0.4 is 9.64 Å². The first-order valence-corrected chi connectivity index (χ1v) is 8.13. The van der Waals surface area contributed by atoms with Crippen LogP contribution in [0.5, 0.6) is 5.75 Å². The van der Waals surface area contributed by atoms with E-state index in [2.05, 4.69) is 6.58 Å². The lowest BCUT2D eigenvalue weighted by atomic mass is 10.0. The third kappa shape index (κ3) is 2.59. The van der Waals surface area contributed by atoms with E-state index in [-0.39, 0.29) is 31.6 Å². The van der Waals surface area contributed by atoms with Crippen molar-refractivity contribution in [1.29, 1.82) is 0 Å². The predicted octanol–water partition coefficient (Wildman–Crippen LogP) is 3.45. The minimum atomic E-state index is -0.420. The van der Waals surface area contributed by atoms with E-state index < -0.39 is 5.82 Å². The number of fused-ring (bicyclic) bond motifs is 2. The Morgan fingerprint density at radius 3 is 2.88 bits per heavy atom. The number of nitrogens with zero attached hydrogens (tertiary/aromatic N) is 1. The van der Waals surface area contributed by atoms with Gasteiger partial charge in [-0.1, -0.05) is 18.7 Å². The smallest absolute Gasteiger partial charge is 0.258 e. The lowest BCUT2D eigenvalue weighted by molar-refractivity contribution is -0.113. The van der Waals surface area contributed by atoms with Crippen LogP contribution in [0.2, 0.25) is 0 Å². The zero-order valence-corrected chi connectivity index (χ0v) is 14.2. The van der Waals surface area contributed by atoms with Crippen molar-refractivity contribution in [2.75, 3.05) is 11.7 Å². The Bertz CT molecular complexity index is 967. The maximum absolute atomic E-state index is 14.0. The summed E-state index contributed by atoms with van der Waals surface area (Å²) in [5.41, 5.74) is 3.28. The molecule has 4 rings (SSSR count). The van der Waals surface area contributed by atoms with Crippen LogP contribution in [0.15, 0.2) is 36.9 Å². The number of Topliss-reactive ketones (excluding diaryl/α,β-unsaturated/α-hetero) is 1. The Kier molecular flexibility index (Phi) is 3.85. The third-order valence-electron chi connectivity index (χ3n) is 4.60. The molecule has 0 bridgehead atoms. The molecule has 0 radical (unpaired) electrons. The first kappa shape index (κ1) is 16.5. The van der Waals surface area contributed by atoms with Crippen LogP contribution in [0.25, 0.3) is 5.57 Å². The second-order valence-corrected chi connectivity index (χ2v) is 6.32. The summed E-state index contributed by atoms with van der Waals surface area (Å²) in [6, 6.07) is 7.78. The number of halogens is 1. The quantitative estimate of drug-likeness (QED) is 0.626. The number of hydrogen-bond acceptors (Lipinski definition) is 4. The van der Waals surface area contributed by atoms with Crippen molar-refractivity contribution < 1.29 is 23.5 Å². The normalized spacial score (nSPS) is 15.5. The predicted molar refractivity (Wildman–Crippen MR) is 93.4 cm³/mol. The van der Waals surface area contributed by atoms with Crippen molar-refractivity contribution in [3.63, 3.8) is 0 Å². The maximum atomic E-state index is 14.0. The number of amides is 1. The summed E-state index contributed by atoms with van der Waals surface area (Å²) >= 11 is 0. The molecule has 2 aliphatic heterocycles. The summed E-state index contributed by atoms with van der Waals surface area (Å²) in [4.78, 5) is 25.9. The van der Waals surface area contributed by atoms with Gasteiger partial charge in [0.05, 0.1) is 18.8 Å². The van der Waals surface area contributed by atoms with Gasteiger partial charge in [0.1, 0.15) is 11.6 Å². The fourth-order valence-electron chi connectivity index (χ4n) is 3.32. The molecule has 26 heavy (non-hydrogen) atoms. The summed E-state index contributed by atoms with van der Waals surface area (Å²) in [6.45, 7) is 5.77. The number of hydrogen-bond donors (Lipinski definition) is 0. The topological polar surface area (TPSA) is 55.8 Å². The van der Waals surface area contributed by atoms with E-state index in [4.69, 9.17) is 9.47 Å². The van der Waals surface area contributed by atoms with Crippen molar-refractivity contribution in [3.05, 3.63) is 65.0 Å². The molecular formula is C20H16FNO4. The third-order valence-corrected chi connectivity index (χ3v) is 4.60. The highest BCUT2D eigenvalue weighted by atomic mass is 19.1. The molecule has 0 unspecified atom stereocenters. The lowest BCUT2D eigenvalue weighted by Gasteiger charge is -2.24. The average Bonchev–Trinajstić information content (AvgIpc) is 2.86. The van der Waals surface area contributed by atoms with Crippen LogP contribution in [0, 0.1) is 5.82 Å². The lowest BCUT2D eigenvalue weighted by Crippen LogP contribution is -2.27. The van der Waals surface area contributed by atoms with Gasteiger partial charge in [-0.05, 0) is 25.1 Å². The van der Waals surface area contributed by atoms with Gasteiger partial charge < -0.3 is 14.4 Å². The highest BCUT2D eigenvalue weighted by Gasteiger charge is 2.32. The number of rotatable bonds is 3. The van der Waals surface area contributed by atoms with Crippen LogP contribution >= 0.6 is 0 Å². The van der Waals surface area contributed by atoms with Crippen LogP contribution in [0.3, 0.4) is 0 Å². The Labute approximate surface area is 149 Å². The van der Waals surface area contributed by atoms with Crippen LogP contribution in [-0.4, -0.2) is 18.5 Å². The molecule has 1 amide bonds. The number of ether oxygens (including phenoxy) is 2. The molecule has 0 spiro atoms. The molecule has 2 aliphatic rings. The number of anilines is 1. The van der Waals surface area contributed by atoms with Crippen molar-refractivity contribution in [3.8, 4) is 5.75 Å². The van der Waals surface area contributed by atoms with E-state index >= 15 is 0 Å². The van der Waals surface area contributed by atoms with Gasteiger partial charge >= 0.3 is 0 Å². The van der Waals surface area contributed by atoms with Crippen LogP contribution in [0.4, 0.5) is 10.1 Å². The van der Waals surface area contributed by atoms with Gasteiger partial charge in [0.25, 0.3) is 5.91 Å². The van der Waals surface area contributed by atoms with Gasteiger partial charge in [-0.3, -0.25) is 9.59 Å². The van der Waals surface area contributed by atoms with Crippen molar-refractivity contribution in [1.82, 2.24) is 0 Å². The molecule has 0 atom stereocenters. The van der Waals surface area contributed by atoms with E-state index in [9.17, 15) is 14.0 Å². The molecule has 2 aromatic carbocycles. The van der Waals surface area contributed by atoms with E-state index in [1.807, 2.05) is 0 Å². The van der Waals surface area contributed by atoms with Crippen molar-refractivity contribution in [2.45, 2.75) is 20.1 Å². The Hall–Kier alpha value is -2.99. The molecule has 6 heteroatoms. The Morgan fingerprint density at radius 1 is 1.31 bits per heavy atom. The molecule has 2 aromatic rings. The van der Waals surface area contributed by atoms with Crippen molar-refractivity contribution >= 4 is 23.0 Å². The summed E-state index contributed by atoms with van der Waals surface area (Å²) < 4.78 is 24.7. The maximum Gasteiger partial charge on any atom is 0.258 e. The van der Waals surface area contributed by atoms with Gasteiger partial charge in [0, 0.05) is 27.8 Å². The molecular weight excluding hydrogens is 337 g/mol. The highest BCUT2D eigenvalue weighted by Crippen LogP contribution is 2.39. The van der Waals surface area contributed by atoms with E-state index in [1.54, 1.807) is 18.2 Å². The molecule has 0 fully saturated rings. The van der Waals surface area contributed by atoms with E-state index in [0.29, 0.717) is 39.3 Å². The number of benzene rings is 2. The largest absolute Gasteiger partial charge is 0.467 e. The first-order chi connectivity index (χ1) is 12.5. The molecule has 2 heterocycles. The molecule has 0 saturated heterocycles. The second-order valence-electron chi connectivity index (χ2n) is 6.32. The number of carbonyl (C=O) groups excluding carboxylic acids is 2. The molecule has 0 N–H and O–H groups in total. The van der Waals surface area contributed by atoms with E-state index in [1.165, 1.54) is 24.0 Å². The van der Waals surface area contributed by atoms with Gasteiger partial charge in [-0.2, -0.15) is 0 Å².